The molecule has 0 atom stereocenters. The van der Waals surface area contributed by atoms with Gasteiger partial charge >= 0.3 is 0 Å². The molecular formula is C16H17N5O. The Morgan fingerprint density at radius 3 is 2.82 bits per heavy atom. The summed E-state index contributed by atoms with van der Waals surface area (Å²) in [5.41, 5.74) is 1.23. The lowest BCUT2D eigenvalue weighted by Crippen LogP contribution is -2.14. The molecule has 0 amide bonds. The molecule has 22 heavy (non-hydrogen) atoms. The molecule has 1 saturated carbocycles. The highest BCUT2D eigenvalue weighted by atomic mass is 16.5. The van der Waals surface area contributed by atoms with Crippen molar-refractivity contribution in [2.75, 3.05) is 5.32 Å². The Morgan fingerprint density at radius 1 is 1.18 bits per heavy atom. The van der Waals surface area contributed by atoms with E-state index in [-0.39, 0.29) is 11.8 Å². The fourth-order valence-corrected chi connectivity index (χ4v) is 2.56. The monoisotopic (exact) mass is 295 g/mol. The van der Waals surface area contributed by atoms with Gasteiger partial charge in [-0.1, -0.05) is 6.07 Å². The summed E-state index contributed by atoms with van der Waals surface area (Å²) in [5.74, 6) is 1.13. The predicted octanol–water partition coefficient (Wildman–Crippen LogP) is 2.68. The quantitative estimate of drug-likeness (QED) is 0.913. The average Bonchev–Trinajstić information content (AvgIpc) is 3.07. The maximum absolute atomic E-state index is 9.03. The number of hydrogen-bond acceptors (Lipinski definition) is 6. The van der Waals surface area contributed by atoms with Crippen LogP contribution in [-0.4, -0.2) is 21.1 Å². The van der Waals surface area contributed by atoms with Crippen LogP contribution in [0.5, 0.6) is 5.88 Å². The Kier molecular flexibility index (Phi) is 4.44. The first-order valence-corrected chi connectivity index (χ1v) is 7.42. The first-order chi connectivity index (χ1) is 10.9. The highest BCUT2D eigenvalue weighted by molar-refractivity contribution is 5.47. The molecule has 0 spiro atoms. The van der Waals surface area contributed by atoms with Crippen molar-refractivity contribution in [2.45, 2.75) is 38.3 Å². The van der Waals surface area contributed by atoms with Gasteiger partial charge in [-0.05, 0) is 31.7 Å². The van der Waals surface area contributed by atoms with E-state index in [1.54, 1.807) is 12.4 Å². The molecule has 1 fully saturated rings. The maximum Gasteiger partial charge on any atom is 0.218 e. The smallest absolute Gasteiger partial charge is 0.218 e. The summed E-state index contributed by atoms with van der Waals surface area (Å²) in [7, 11) is 0. The van der Waals surface area contributed by atoms with Gasteiger partial charge in [0.05, 0.1) is 0 Å². The Hall–Kier alpha value is -2.68. The maximum atomic E-state index is 9.03. The molecule has 0 radical (unpaired) electrons. The normalized spacial score (nSPS) is 14.5. The van der Waals surface area contributed by atoms with Crippen molar-refractivity contribution in [3.05, 3.63) is 42.0 Å². The van der Waals surface area contributed by atoms with Crippen LogP contribution in [0.15, 0.2) is 30.7 Å². The van der Waals surface area contributed by atoms with E-state index < -0.39 is 0 Å². The molecule has 112 valence electrons. The predicted molar refractivity (Wildman–Crippen MR) is 81.2 cm³/mol. The first kappa shape index (κ1) is 14.3. The minimum atomic E-state index is 0.264. The third kappa shape index (κ3) is 3.31. The number of rotatable bonds is 5. The van der Waals surface area contributed by atoms with Crippen LogP contribution < -0.4 is 10.1 Å². The van der Waals surface area contributed by atoms with E-state index in [2.05, 4.69) is 20.3 Å². The van der Waals surface area contributed by atoms with E-state index in [1.165, 1.54) is 19.0 Å². The van der Waals surface area contributed by atoms with Crippen LogP contribution >= 0.6 is 0 Å². The third-order valence-corrected chi connectivity index (χ3v) is 3.68. The van der Waals surface area contributed by atoms with Crippen LogP contribution in [0.4, 0.5) is 5.82 Å². The van der Waals surface area contributed by atoms with Gasteiger partial charge in [-0.15, -0.1) is 0 Å². The number of nitrogens with zero attached hydrogens (tertiary/aromatic N) is 4. The Balaban J connectivity index is 1.71. The number of aromatic nitrogens is 3. The Labute approximate surface area is 129 Å². The summed E-state index contributed by atoms with van der Waals surface area (Å²) < 4.78 is 6.00. The topological polar surface area (TPSA) is 83.7 Å². The Morgan fingerprint density at radius 2 is 2.00 bits per heavy atom. The van der Waals surface area contributed by atoms with Crippen molar-refractivity contribution in [2.24, 2.45) is 0 Å². The highest BCUT2D eigenvalue weighted by Crippen LogP contribution is 2.25. The van der Waals surface area contributed by atoms with Gasteiger partial charge < -0.3 is 10.1 Å². The lowest BCUT2D eigenvalue weighted by molar-refractivity contribution is 0.199. The molecule has 0 aromatic carbocycles. The molecule has 6 nitrogen and oxygen atoms in total. The van der Waals surface area contributed by atoms with Gasteiger partial charge in [-0.25, -0.2) is 15.0 Å². The van der Waals surface area contributed by atoms with E-state index in [0.717, 1.165) is 18.4 Å². The van der Waals surface area contributed by atoms with Gasteiger partial charge in [0.1, 0.15) is 12.2 Å². The summed E-state index contributed by atoms with van der Waals surface area (Å²) >= 11 is 0. The second kappa shape index (κ2) is 6.85. The van der Waals surface area contributed by atoms with Gasteiger partial charge in [0.2, 0.25) is 5.88 Å². The number of hydrogen-bond donors (Lipinski definition) is 1. The largest absolute Gasteiger partial charge is 0.474 e. The molecule has 0 unspecified atom stereocenters. The standard InChI is InChI=1S/C16H17N5O/c17-10-14-15(19-9-8-18-14)21-11-12-4-3-7-20-16(12)22-13-5-1-2-6-13/h3-4,7-9,13H,1-2,5-6,11H2,(H,19,21). The van der Waals surface area contributed by atoms with E-state index in [9.17, 15) is 0 Å². The zero-order valence-corrected chi connectivity index (χ0v) is 12.2. The van der Waals surface area contributed by atoms with Gasteiger partial charge in [0.25, 0.3) is 0 Å². The minimum absolute atomic E-state index is 0.264. The Bertz CT molecular complexity index is 676. The van der Waals surface area contributed by atoms with E-state index in [1.807, 2.05) is 18.2 Å². The summed E-state index contributed by atoms with van der Waals surface area (Å²) in [4.78, 5) is 12.5. The lowest BCUT2D eigenvalue weighted by Gasteiger charge is -2.15. The molecule has 3 rings (SSSR count). The zero-order chi connectivity index (χ0) is 15.2. The van der Waals surface area contributed by atoms with Gasteiger partial charge in [-0.2, -0.15) is 5.26 Å². The number of nitrogens with one attached hydrogen (secondary N) is 1. The van der Waals surface area contributed by atoms with E-state index >= 15 is 0 Å². The van der Waals surface area contributed by atoms with Crippen molar-refractivity contribution in [3.63, 3.8) is 0 Å². The van der Waals surface area contributed by atoms with Gasteiger partial charge in [-0.3, -0.25) is 0 Å². The molecule has 6 heteroatoms. The van der Waals surface area contributed by atoms with Crippen molar-refractivity contribution < 1.29 is 4.74 Å². The first-order valence-electron chi connectivity index (χ1n) is 7.42. The molecular weight excluding hydrogens is 278 g/mol. The number of ether oxygens (including phenoxy) is 1. The molecule has 0 bridgehead atoms. The number of pyridine rings is 1. The zero-order valence-electron chi connectivity index (χ0n) is 12.2. The second-order valence-electron chi connectivity index (χ2n) is 5.21. The van der Waals surface area contributed by atoms with Crippen LogP contribution in [0, 0.1) is 11.3 Å². The lowest BCUT2D eigenvalue weighted by atomic mass is 10.2. The molecule has 1 aliphatic carbocycles. The van der Waals surface area contributed by atoms with Crippen LogP contribution in [0.3, 0.4) is 0 Å². The molecule has 0 saturated heterocycles. The van der Waals surface area contributed by atoms with Crippen molar-refractivity contribution in [1.29, 1.82) is 5.26 Å². The molecule has 2 aromatic heterocycles. The van der Waals surface area contributed by atoms with Gasteiger partial charge in [0.15, 0.2) is 11.5 Å². The minimum Gasteiger partial charge on any atom is -0.474 e. The molecule has 2 heterocycles. The number of anilines is 1. The van der Waals surface area contributed by atoms with Gasteiger partial charge in [0, 0.05) is 30.7 Å². The summed E-state index contributed by atoms with van der Waals surface area (Å²) in [6, 6.07) is 5.86. The van der Waals surface area contributed by atoms with Crippen LogP contribution in [0.1, 0.15) is 36.9 Å². The second-order valence-corrected chi connectivity index (χ2v) is 5.21. The third-order valence-electron chi connectivity index (χ3n) is 3.68. The molecule has 0 aliphatic heterocycles. The van der Waals surface area contributed by atoms with Crippen LogP contribution in [-0.2, 0) is 6.54 Å². The summed E-state index contributed by atoms with van der Waals surface area (Å²) in [5, 5.41) is 12.2. The van der Waals surface area contributed by atoms with E-state index in [4.69, 9.17) is 10.00 Å². The highest BCUT2D eigenvalue weighted by Gasteiger charge is 2.18. The van der Waals surface area contributed by atoms with Crippen molar-refractivity contribution in [3.8, 4) is 11.9 Å². The van der Waals surface area contributed by atoms with Crippen LogP contribution in [0.25, 0.3) is 0 Å². The molecule has 1 N–H and O–H groups in total. The van der Waals surface area contributed by atoms with Crippen LogP contribution in [0.2, 0.25) is 0 Å². The SMILES string of the molecule is N#Cc1nccnc1NCc1cccnc1OC1CCCC1. The molecule has 1 aliphatic rings. The summed E-state index contributed by atoms with van der Waals surface area (Å²) in [6.45, 7) is 0.489. The van der Waals surface area contributed by atoms with Crippen molar-refractivity contribution >= 4 is 5.82 Å². The fraction of sp³-hybridized carbons (Fsp3) is 0.375. The average molecular weight is 295 g/mol. The number of nitriles is 1. The molecule has 2 aromatic rings. The summed E-state index contributed by atoms with van der Waals surface area (Å²) in [6.07, 6.45) is 9.67. The fourth-order valence-electron chi connectivity index (χ4n) is 2.56. The van der Waals surface area contributed by atoms with Crippen molar-refractivity contribution in [1.82, 2.24) is 15.0 Å². The van der Waals surface area contributed by atoms with E-state index in [0.29, 0.717) is 18.2 Å².